The van der Waals surface area contributed by atoms with Crippen LogP contribution < -0.4 is 10.1 Å². The number of hydrogen-bond acceptors (Lipinski definition) is 4. The molecule has 0 bridgehead atoms. The van der Waals surface area contributed by atoms with Gasteiger partial charge in [-0.15, -0.1) is 0 Å². The third-order valence-corrected chi connectivity index (χ3v) is 3.72. The summed E-state index contributed by atoms with van der Waals surface area (Å²) in [7, 11) is 0. The summed E-state index contributed by atoms with van der Waals surface area (Å²) >= 11 is 0. The number of benzene rings is 2. The van der Waals surface area contributed by atoms with E-state index in [1.165, 1.54) is 18.4 Å². The molecule has 2 aromatic rings. The lowest BCUT2D eigenvalue weighted by molar-refractivity contribution is -0.120. The summed E-state index contributed by atoms with van der Waals surface area (Å²) in [6.07, 6.45) is 4.97. The van der Waals surface area contributed by atoms with E-state index in [4.69, 9.17) is 9.57 Å². The second kappa shape index (κ2) is 10.9. The topological polar surface area (TPSA) is 59.9 Å². The number of nitrogens with zero attached hydrogens (tertiary/aromatic N) is 1. The molecule has 5 nitrogen and oxygen atoms in total. The molecular formula is C21H26N2O3. The number of carbonyl (C=O) groups excluding carboxylic acids is 1. The number of unbranched alkanes of at least 4 members (excludes halogenated alkanes) is 1. The first-order valence-corrected chi connectivity index (χ1v) is 8.98. The van der Waals surface area contributed by atoms with Gasteiger partial charge < -0.3 is 14.9 Å². The Kier molecular flexibility index (Phi) is 8.19. The van der Waals surface area contributed by atoms with Crippen LogP contribution in [0.1, 0.15) is 37.8 Å². The molecule has 0 aromatic heterocycles. The average Bonchev–Trinajstić information content (AvgIpc) is 2.66. The van der Waals surface area contributed by atoms with Gasteiger partial charge in [-0.3, -0.25) is 4.79 Å². The second-order valence-corrected chi connectivity index (χ2v) is 5.86. The Bertz CT molecular complexity index is 694. The molecule has 138 valence electrons. The third-order valence-electron chi connectivity index (χ3n) is 3.72. The molecule has 0 saturated heterocycles. The molecule has 26 heavy (non-hydrogen) atoms. The van der Waals surface area contributed by atoms with Crippen molar-refractivity contribution in [3.05, 3.63) is 59.7 Å². The lowest BCUT2D eigenvalue weighted by Gasteiger charge is -2.06. The third kappa shape index (κ3) is 6.97. The highest BCUT2D eigenvalue weighted by atomic mass is 16.6. The molecule has 2 rings (SSSR count). The maximum Gasteiger partial charge on any atom is 0.265 e. The van der Waals surface area contributed by atoms with E-state index in [1.807, 2.05) is 55.5 Å². The first-order chi connectivity index (χ1) is 12.7. The molecule has 1 amide bonds. The summed E-state index contributed by atoms with van der Waals surface area (Å²) in [6.45, 7) is 4.61. The number of oxime groups is 1. The molecule has 0 aliphatic heterocycles. The summed E-state index contributed by atoms with van der Waals surface area (Å²) in [5, 5.41) is 6.61. The Hall–Kier alpha value is -2.82. The molecule has 0 spiro atoms. The lowest BCUT2D eigenvalue weighted by atomic mass is 10.1. The van der Waals surface area contributed by atoms with Gasteiger partial charge in [0, 0.05) is 5.69 Å². The molecule has 0 heterocycles. The van der Waals surface area contributed by atoms with Crippen molar-refractivity contribution in [2.75, 3.05) is 18.5 Å². The zero-order valence-electron chi connectivity index (χ0n) is 15.4. The number of rotatable bonds is 10. The van der Waals surface area contributed by atoms with Crippen molar-refractivity contribution >= 4 is 17.8 Å². The fourth-order valence-electron chi connectivity index (χ4n) is 2.34. The number of amides is 1. The molecule has 0 saturated carbocycles. The Balaban J connectivity index is 1.72. The fraction of sp³-hybridized carbons (Fsp3) is 0.333. The number of carbonyl (C=O) groups is 1. The summed E-state index contributed by atoms with van der Waals surface area (Å²) < 4.78 is 5.37. The van der Waals surface area contributed by atoms with Crippen LogP contribution in [0.5, 0.6) is 5.75 Å². The van der Waals surface area contributed by atoms with Gasteiger partial charge >= 0.3 is 0 Å². The Morgan fingerprint density at radius 2 is 1.81 bits per heavy atom. The summed E-state index contributed by atoms with van der Waals surface area (Å²) in [6, 6.07) is 15.4. The Morgan fingerprint density at radius 1 is 1.08 bits per heavy atom. The quantitative estimate of drug-likeness (QED) is 0.508. The molecule has 1 N–H and O–H groups in total. The van der Waals surface area contributed by atoms with E-state index in [9.17, 15) is 4.79 Å². The van der Waals surface area contributed by atoms with Crippen LogP contribution in [0.2, 0.25) is 0 Å². The SMILES string of the molecule is CCCCc1ccc(NC(=O)CO/N=C\c2ccc(OCC)cc2)cc1. The lowest BCUT2D eigenvalue weighted by Crippen LogP contribution is -2.16. The van der Waals surface area contributed by atoms with E-state index in [0.29, 0.717) is 6.61 Å². The Labute approximate surface area is 155 Å². The van der Waals surface area contributed by atoms with Crippen molar-refractivity contribution in [3.8, 4) is 5.75 Å². The van der Waals surface area contributed by atoms with E-state index in [-0.39, 0.29) is 12.5 Å². The minimum atomic E-state index is -0.241. The van der Waals surface area contributed by atoms with Crippen LogP contribution in [0, 0.1) is 0 Å². The van der Waals surface area contributed by atoms with Gasteiger partial charge in [0.15, 0.2) is 6.61 Å². The van der Waals surface area contributed by atoms with E-state index < -0.39 is 0 Å². The van der Waals surface area contributed by atoms with Crippen LogP contribution in [0.3, 0.4) is 0 Å². The zero-order valence-corrected chi connectivity index (χ0v) is 15.4. The van der Waals surface area contributed by atoms with Crippen LogP contribution in [-0.4, -0.2) is 25.3 Å². The minimum Gasteiger partial charge on any atom is -0.494 e. The zero-order chi connectivity index (χ0) is 18.6. The molecular weight excluding hydrogens is 328 g/mol. The number of ether oxygens (including phenoxy) is 1. The van der Waals surface area contributed by atoms with Crippen molar-refractivity contribution < 1.29 is 14.4 Å². The number of anilines is 1. The number of nitrogens with one attached hydrogen (secondary N) is 1. The largest absolute Gasteiger partial charge is 0.494 e. The van der Waals surface area contributed by atoms with E-state index in [2.05, 4.69) is 17.4 Å². The highest BCUT2D eigenvalue weighted by Crippen LogP contribution is 2.12. The van der Waals surface area contributed by atoms with Gasteiger partial charge in [0.2, 0.25) is 0 Å². The van der Waals surface area contributed by atoms with Gasteiger partial charge in [-0.05, 0) is 67.3 Å². The molecule has 2 aromatic carbocycles. The summed E-state index contributed by atoms with van der Waals surface area (Å²) in [5.41, 5.74) is 2.91. The normalized spacial score (nSPS) is 10.7. The predicted molar refractivity (Wildman–Crippen MR) is 105 cm³/mol. The predicted octanol–water partition coefficient (Wildman–Crippen LogP) is 4.42. The molecule has 0 aliphatic rings. The van der Waals surface area contributed by atoms with Gasteiger partial charge in [0.1, 0.15) is 5.75 Å². The first-order valence-electron chi connectivity index (χ1n) is 8.98. The standard InChI is InChI=1S/C21H26N2O3/c1-3-5-6-17-7-11-19(12-8-17)23-21(24)16-26-22-15-18-9-13-20(14-10-18)25-4-2/h7-15H,3-6,16H2,1-2H3,(H,23,24)/b22-15-. The van der Waals surface area contributed by atoms with Crippen LogP contribution in [0.15, 0.2) is 53.7 Å². The van der Waals surface area contributed by atoms with Crippen molar-refractivity contribution in [1.29, 1.82) is 0 Å². The second-order valence-electron chi connectivity index (χ2n) is 5.86. The van der Waals surface area contributed by atoms with Crippen LogP contribution in [0.4, 0.5) is 5.69 Å². The maximum absolute atomic E-state index is 11.9. The molecule has 0 aliphatic carbocycles. The highest BCUT2D eigenvalue weighted by Gasteiger charge is 2.03. The molecule has 0 radical (unpaired) electrons. The van der Waals surface area contributed by atoms with E-state index >= 15 is 0 Å². The van der Waals surface area contributed by atoms with Crippen LogP contribution in [0.25, 0.3) is 0 Å². The smallest absolute Gasteiger partial charge is 0.265 e. The molecule has 0 unspecified atom stereocenters. The van der Waals surface area contributed by atoms with E-state index in [0.717, 1.165) is 23.4 Å². The molecule has 0 fully saturated rings. The number of aryl methyl sites for hydroxylation is 1. The van der Waals surface area contributed by atoms with Gasteiger partial charge in [-0.2, -0.15) is 0 Å². The van der Waals surface area contributed by atoms with Crippen LogP contribution >= 0.6 is 0 Å². The van der Waals surface area contributed by atoms with Gasteiger partial charge in [-0.25, -0.2) is 0 Å². The summed E-state index contributed by atoms with van der Waals surface area (Å²) in [4.78, 5) is 16.9. The van der Waals surface area contributed by atoms with Crippen LogP contribution in [-0.2, 0) is 16.1 Å². The van der Waals surface area contributed by atoms with Gasteiger partial charge in [0.25, 0.3) is 5.91 Å². The molecule has 0 atom stereocenters. The first kappa shape index (κ1) is 19.5. The fourth-order valence-corrected chi connectivity index (χ4v) is 2.34. The highest BCUT2D eigenvalue weighted by molar-refractivity contribution is 5.91. The van der Waals surface area contributed by atoms with E-state index in [1.54, 1.807) is 6.21 Å². The Morgan fingerprint density at radius 3 is 2.46 bits per heavy atom. The van der Waals surface area contributed by atoms with Gasteiger partial charge in [0.05, 0.1) is 12.8 Å². The van der Waals surface area contributed by atoms with Crippen molar-refractivity contribution in [1.82, 2.24) is 0 Å². The maximum atomic E-state index is 11.9. The average molecular weight is 354 g/mol. The van der Waals surface area contributed by atoms with Crippen molar-refractivity contribution in [2.45, 2.75) is 33.1 Å². The molecule has 5 heteroatoms. The van der Waals surface area contributed by atoms with Gasteiger partial charge in [-0.1, -0.05) is 30.6 Å². The summed E-state index contributed by atoms with van der Waals surface area (Å²) in [5.74, 6) is 0.570. The minimum absolute atomic E-state index is 0.134. The monoisotopic (exact) mass is 354 g/mol. The van der Waals surface area contributed by atoms with Crippen molar-refractivity contribution in [2.24, 2.45) is 5.16 Å². The van der Waals surface area contributed by atoms with Crippen molar-refractivity contribution in [3.63, 3.8) is 0 Å². The number of hydrogen-bond donors (Lipinski definition) is 1.